The lowest BCUT2D eigenvalue weighted by Gasteiger charge is -2.40. The number of carbonyl (C=O) groups excluding carboxylic acids is 1. The van der Waals surface area contributed by atoms with Gasteiger partial charge in [0.15, 0.2) is 8.32 Å². The SMILES string of the molecule is C[C@H](O[Si](C)(C)C(C)(C)C)[C@@H](CCc1ccc(Cl)cc1OCc1ccccc1)n1cnc(C(N)=O)c1. The molecule has 6 nitrogen and oxygen atoms in total. The molecule has 1 heterocycles. The van der Waals surface area contributed by atoms with Crippen LogP contribution in [0.15, 0.2) is 61.1 Å². The van der Waals surface area contributed by atoms with Gasteiger partial charge >= 0.3 is 0 Å². The van der Waals surface area contributed by atoms with Crippen LogP contribution in [-0.4, -0.2) is 29.9 Å². The first-order valence-corrected chi connectivity index (χ1v) is 15.6. The minimum absolute atomic E-state index is 0.0441. The number of primary amides is 1. The van der Waals surface area contributed by atoms with Crippen LogP contribution in [0.2, 0.25) is 23.2 Å². The van der Waals surface area contributed by atoms with Crippen molar-refractivity contribution in [2.45, 2.75) is 77.4 Å². The zero-order chi connectivity index (χ0) is 26.5. The molecule has 36 heavy (non-hydrogen) atoms. The van der Waals surface area contributed by atoms with E-state index in [-0.39, 0.29) is 22.9 Å². The fourth-order valence-corrected chi connectivity index (χ4v) is 5.50. The molecule has 3 aromatic rings. The highest BCUT2D eigenvalue weighted by Gasteiger charge is 2.40. The number of aromatic nitrogens is 2. The summed E-state index contributed by atoms with van der Waals surface area (Å²) in [5.74, 6) is 0.228. The van der Waals surface area contributed by atoms with E-state index in [1.165, 1.54) is 0 Å². The van der Waals surface area contributed by atoms with E-state index in [0.717, 1.165) is 29.7 Å². The zero-order valence-electron chi connectivity index (χ0n) is 22.1. The third-order valence-corrected chi connectivity index (χ3v) is 11.8. The van der Waals surface area contributed by atoms with Gasteiger partial charge in [0.25, 0.3) is 5.91 Å². The van der Waals surface area contributed by atoms with Gasteiger partial charge in [-0.05, 0) is 61.2 Å². The Morgan fingerprint density at radius 3 is 2.47 bits per heavy atom. The average molecular weight is 528 g/mol. The first kappa shape index (κ1) is 28.0. The number of carbonyl (C=O) groups is 1. The highest BCUT2D eigenvalue weighted by atomic mass is 35.5. The summed E-state index contributed by atoms with van der Waals surface area (Å²) in [5, 5.41) is 0.710. The zero-order valence-corrected chi connectivity index (χ0v) is 23.9. The fraction of sp³-hybridized carbons (Fsp3) is 0.429. The van der Waals surface area contributed by atoms with Crippen molar-refractivity contribution in [3.05, 3.63) is 82.9 Å². The predicted molar refractivity (Wildman–Crippen MR) is 148 cm³/mol. The van der Waals surface area contributed by atoms with E-state index >= 15 is 0 Å². The number of nitrogens with two attached hydrogens (primary N) is 1. The van der Waals surface area contributed by atoms with Gasteiger partial charge in [0, 0.05) is 11.2 Å². The van der Waals surface area contributed by atoms with E-state index in [1.807, 2.05) is 53.1 Å². The minimum atomic E-state index is -2.02. The third-order valence-electron chi connectivity index (χ3n) is 7.04. The molecule has 2 aromatic carbocycles. The number of halogens is 1. The number of hydrogen-bond acceptors (Lipinski definition) is 4. The summed E-state index contributed by atoms with van der Waals surface area (Å²) in [6.45, 7) is 13.8. The molecular weight excluding hydrogens is 490 g/mol. The molecule has 0 aliphatic heterocycles. The second-order valence-corrected chi connectivity index (χ2v) is 16.0. The average Bonchev–Trinajstić information content (AvgIpc) is 3.29. The van der Waals surface area contributed by atoms with Crippen LogP contribution in [0.3, 0.4) is 0 Å². The highest BCUT2D eigenvalue weighted by Crippen LogP contribution is 2.39. The Bertz CT molecular complexity index is 1160. The standard InChI is InChI=1S/C28H38ClN3O3Si/c1-20(35-36(5,6)28(2,3)4)25(32-17-24(27(30)33)31-19-32)15-13-22-12-14-23(29)16-26(22)34-18-21-10-8-7-9-11-21/h7-12,14,16-17,19-20,25H,13,15,18H2,1-6H3,(H2,30,33)/t20-,25+/m0/s1. The summed E-state index contributed by atoms with van der Waals surface area (Å²) in [5.41, 5.74) is 7.88. The van der Waals surface area contributed by atoms with Crippen molar-refractivity contribution < 1.29 is 14.0 Å². The quantitative estimate of drug-likeness (QED) is 0.278. The molecule has 0 aliphatic carbocycles. The van der Waals surface area contributed by atoms with E-state index in [9.17, 15) is 4.79 Å². The minimum Gasteiger partial charge on any atom is -0.489 e. The number of amides is 1. The maximum atomic E-state index is 11.7. The van der Waals surface area contributed by atoms with Crippen LogP contribution in [0.4, 0.5) is 0 Å². The molecule has 8 heteroatoms. The number of ether oxygens (including phenoxy) is 1. The van der Waals surface area contributed by atoms with Gasteiger partial charge in [-0.3, -0.25) is 4.79 Å². The van der Waals surface area contributed by atoms with Crippen LogP contribution >= 0.6 is 11.6 Å². The molecule has 0 bridgehead atoms. The molecule has 1 amide bonds. The van der Waals surface area contributed by atoms with Crippen LogP contribution in [0.5, 0.6) is 5.75 Å². The lowest BCUT2D eigenvalue weighted by molar-refractivity contribution is 0.0995. The maximum Gasteiger partial charge on any atom is 0.268 e. The Labute approximate surface area is 220 Å². The van der Waals surface area contributed by atoms with Gasteiger partial charge in [-0.15, -0.1) is 0 Å². The Balaban J connectivity index is 1.83. The molecule has 3 rings (SSSR count). The number of imidazole rings is 1. The topological polar surface area (TPSA) is 79.4 Å². The molecular formula is C28H38ClN3O3Si. The van der Waals surface area contributed by atoms with Crippen LogP contribution in [-0.2, 0) is 17.5 Å². The number of benzene rings is 2. The van der Waals surface area contributed by atoms with Gasteiger partial charge in [-0.25, -0.2) is 4.98 Å². The smallest absolute Gasteiger partial charge is 0.268 e. The van der Waals surface area contributed by atoms with Crippen LogP contribution in [0, 0.1) is 0 Å². The fourth-order valence-electron chi connectivity index (χ4n) is 3.90. The van der Waals surface area contributed by atoms with Gasteiger partial charge in [-0.2, -0.15) is 0 Å². The largest absolute Gasteiger partial charge is 0.489 e. The summed E-state index contributed by atoms with van der Waals surface area (Å²) >= 11 is 6.30. The second-order valence-electron chi connectivity index (χ2n) is 10.8. The lowest BCUT2D eigenvalue weighted by atomic mass is 10.0. The number of rotatable bonds is 11. The van der Waals surface area contributed by atoms with E-state index in [4.69, 9.17) is 26.5 Å². The summed E-state index contributed by atoms with van der Waals surface area (Å²) < 4.78 is 14.9. The van der Waals surface area contributed by atoms with Crippen LogP contribution < -0.4 is 10.5 Å². The normalized spacial score (nSPS) is 13.9. The van der Waals surface area contributed by atoms with Gasteiger partial charge < -0.3 is 19.5 Å². The van der Waals surface area contributed by atoms with Crippen molar-refractivity contribution in [3.8, 4) is 5.75 Å². The van der Waals surface area contributed by atoms with Gasteiger partial charge in [0.05, 0.1) is 18.5 Å². The number of aryl methyl sites for hydroxylation is 1. The second kappa shape index (κ2) is 11.6. The molecule has 0 spiro atoms. The van der Waals surface area contributed by atoms with Gasteiger partial charge in [-0.1, -0.05) is 68.8 Å². The van der Waals surface area contributed by atoms with Gasteiger partial charge in [0.1, 0.15) is 18.1 Å². The Morgan fingerprint density at radius 1 is 1.17 bits per heavy atom. The molecule has 0 fully saturated rings. The molecule has 2 atom stereocenters. The first-order chi connectivity index (χ1) is 16.9. The Hall–Kier alpha value is -2.61. The van der Waals surface area contributed by atoms with E-state index in [1.54, 1.807) is 12.5 Å². The number of nitrogens with zero attached hydrogens (tertiary/aromatic N) is 2. The molecule has 194 valence electrons. The van der Waals surface area contributed by atoms with Crippen molar-refractivity contribution in [1.82, 2.24) is 9.55 Å². The Kier molecular flexibility index (Phi) is 9.03. The summed E-state index contributed by atoms with van der Waals surface area (Å²) in [6.07, 6.45) is 4.79. The summed E-state index contributed by atoms with van der Waals surface area (Å²) in [6, 6.07) is 15.8. The predicted octanol–water partition coefficient (Wildman–Crippen LogP) is 6.80. The van der Waals surface area contributed by atoms with Crippen molar-refractivity contribution in [2.24, 2.45) is 5.73 Å². The van der Waals surface area contributed by atoms with E-state index in [0.29, 0.717) is 11.6 Å². The van der Waals surface area contributed by atoms with Crippen molar-refractivity contribution in [3.63, 3.8) is 0 Å². The molecule has 0 radical (unpaired) electrons. The first-order valence-electron chi connectivity index (χ1n) is 12.3. The third kappa shape index (κ3) is 7.21. The monoisotopic (exact) mass is 527 g/mol. The van der Waals surface area contributed by atoms with Crippen LogP contribution in [0.1, 0.15) is 61.8 Å². The lowest BCUT2D eigenvalue weighted by Crippen LogP contribution is -2.45. The molecule has 1 aromatic heterocycles. The van der Waals surface area contributed by atoms with Crippen molar-refractivity contribution in [1.29, 1.82) is 0 Å². The maximum absolute atomic E-state index is 11.7. The summed E-state index contributed by atoms with van der Waals surface area (Å²) in [4.78, 5) is 15.9. The van der Waals surface area contributed by atoms with E-state index in [2.05, 4.69) is 45.8 Å². The molecule has 2 N–H and O–H groups in total. The van der Waals surface area contributed by atoms with E-state index < -0.39 is 14.2 Å². The molecule has 0 unspecified atom stereocenters. The Morgan fingerprint density at radius 2 is 1.86 bits per heavy atom. The van der Waals surface area contributed by atoms with Crippen molar-refractivity contribution >= 4 is 25.8 Å². The van der Waals surface area contributed by atoms with Crippen molar-refractivity contribution in [2.75, 3.05) is 0 Å². The molecule has 0 saturated carbocycles. The summed E-state index contributed by atoms with van der Waals surface area (Å²) in [7, 11) is -2.02. The highest BCUT2D eigenvalue weighted by molar-refractivity contribution is 6.74. The molecule has 0 saturated heterocycles. The van der Waals surface area contributed by atoms with Crippen LogP contribution in [0.25, 0.3) is 0 Å². The number of hydrogen-bond donors (Lipinski definition) is 1. The van der Waals surface area contributed by atoms with Gasteiger partial charge in [0.2, 0.25) is 0 Å². The molecule has 0 aliphatic rings.